The van der Waals surface area contributed by atoms with Crippen molar-refractivity contribution in [3.8, 4) is 5.75 Å². The summed E-state index contributed by atoms with van der Waals surface area (Å²) in [6.45, 7) is 4.00. The predicted octanol–water partition coefficient (Wildman–Crippen LogP) is 2.69. The summed E-state index contributed by atoms with van der Waals surface area (Å²) in [4.78, 5) is 12.2. The van der Waals surface area contributed by atoms with E-state index in [-0.39, 0.29) is 11.7 Å². The van der Waals surface area contributed by atoms with Crippen molar-refractivity contribution >= 4 is 5.78 Å². The van der Waals surface area contributed by atoms with Crippen LogP contribution in [-0.2, 0) is 4.74 Å². The molecule has 0 N–H and O–H groups in total. The van der Waals surface area contributed by atoms with E-state index in [9.17, 15) is 4.79 Å². The second-order valence-electron chi connectivity index (χ2n) is 4.21. The highest BCUT2D eigenvalue weighted by molar-refractivity contribution is 5.97. The molecule has 2 rings (SSSR count). The van der Waals surface area contributed by atoms with Crippen LogP contribution in [0.3, 0.4) is 0 Å². The Balaban J connectivity index is 2.03. The summed E-state index contributed by atoms with van der Waals surface area (Å²) >= 11 is 0. The van der Waals surface area contributed by atoms with Crippen molar-refractivity contribution < 1.29 is 14.3 Å². The second-order valence-corrected chi connectivity index (χ2v) is 4.21. The summed E-state index contributed by atoms with van der Waals surface area (Å²) in [6.07, 6.45) is 1.68. The zero-order valence-electron chi connectivity index (χ0n) is 10.1. The first kappa shape index (κ1) is 12.1. The first-order valence-corrected chi connectivity index (χ1v) is 6.16. The minimum absolute atomic E-state index is 0.127. The fourth-order valence-electron chi connectivity index (χ4n) is 2.08. The van der Waals surface area contributed by atoms with Gasteiger partial charge in [0.1, 0.15) is 5.75 Å². The Bertz CT molecular complexity index is 364. The number of hydrogen-bond acceptors (Lipinski definition) is 3. The third-order valence-corrected chi connectivity index (χ3v) is 3.04. The van der Waals surface area contributed by atoms with Crippen LogP contribution >= 0.6 is 0 Å². The van der Waals surface area contributed by atoms with Gasteiger partial charge in [-0.25, -0.2) is 0 Å². The number of Topliss-reactive ketones (excluding diaryl/α,β-unsaturated/α-hetero) is 1. The molecule has 1 aliphatic heterocycles. The van der Waals surface area contributed by atoms with Crippen molar-refractivity contribution in [2.75, 3.05) is 19.8 Å². The van der Waals surface area contributed by atoms with Crippen LogP contribution in [0.15, 0.2) is 24.3 Å². The van der Waals surface area contributed by atoms with Gasteiger partial charge in [0.15, 0.2) is 5.78 Å². The molecule has 3 nitrogen and oxygen atoms in total. The molecule has 0 amide bonds. The zero-order valence-corrected chi connectivity index (χ0v) is 10.1. The maximum absolute atomic E-state index is 12.2. The van der Waals surface area contributed by atoms with Crippen LogP contribution in [0.1, 0.15) is 30.1 Å². The minimum atomic E-state index is 0.127. The standard InChI is InChI=1S/C14H18O3/c1-2-17-13-5-3-11(4-6-13)14(15)12-7-9-16-10-8-12/h3-6,12H,2,7-10H2,1H3. The quantitative estimate of drug-likeness (QED) is 0.751. The highest BCUT2D eigenvalue weighted by atomic mass is 16.5. The fourth-order valence-corrected chi connectivity index (χ4v) is 2.08. The third kappa shape index (κ3) is 3.07. The van der Waals surface area contributed by atoms with Crippen LogP contribution in [0.25, 0.3) is 0 Å². The van der Waals surface area contributed by atoms with Crippen molar-refractivity contribution in [1.82, 2.24) is 0 Å². The van der Waals surface area contributed by atoms with Gasteiger partial charge in [0.25, 0.3) is 0 Å². The van der Waals surface area contributed by atoms with E-state index in [0.717, 1.165) is 24.2 Å². The number of benzene rings is 1. The molecule has 0 atom stereocenters. The molecule has 17 heavy (non-hydrogen) atoms. The number of rotatable bonds is 4. The average molecular weight is 234 g/mol. The fraction of sp³-hybridized carbons (Fsp3) is 0.500. The molecule has 0 bridgehead atoms. The van der Waals surface area contributed by atoms with Gasteiger partial charge >= 0.3 is 0 Å². The summed E-state index contributed by atoms with van der Waals surface area (Å²) in [7, 11) is 0. The van der Waals surface area contributed by atoms with Gasteiger partial charge in [0.2, 0.25) is 0 Å². The lowest BCUT2D eigenvalue weighted by Crippen LogP contribution is -2.23. The Kier molecular flexibility index (Phi) is 4.15. The number of ketones is 1. The van der Waals surface area contributed by atoms with Gasteiger partial charge in [0, 0.05) is 24.7 Å². The molecule has 0 aliphatic carbocycles. The molecular formula is C14H18O3. The third-order valence-electron chi connectivity index (χ3n) is 3.04. The molecule has 0 radical (unpaired) electrons. The van der Waals surface area contributed by atoms with E-state index >= 15 is 0 Å². The molecule has 92 valence electrons. The lowest BCUT2D eigenvalue weighted by molar-refractivity contribution is 0.0545. The van der Waals surface area contributed by atoms with Crippen LogP contribution in [0.4, 0.5) is 0 Å². The highest BCUT2D eigenvalue weighted by Crippen LogP contribution is 2.21. The van der Waals surface area contributed by atoms with Crippen molar-refractivity contribution in [2.24, 2.45) is 5.92 Å². The largest absolute Gasteiger partial charge is 0.494 e. The molecule has 1 fully saturated rings. The Morgan fingerprint density at radius 1 is 1.29 bits per heavy atom. The molecule has 3 heteroatoms. The Morgan fingerprint density at radius 3 is 2.53 bits per heavy atom. The first-order valence-electron chi connectivity index (χ1n) is 6.16. The van der Waals surface area contributed by atoms with Crippen LogP contribution < -0.4 is 4.74 Å². The monoisotopic (exact) mass is 234 g/mol. The Hall–Kier alpha value is -1.35. The summed E-state index contributed by atoms with van der Waals surface area (Å²) in [5.74, 6) is 1.18. The van der Waals surface area contributed by atoms with Crippen molar-refractivity contribution in [2.45, 2.75) is 19.8 Å². The summed E-state index contributed by atoms with van der Waals surface area (Å²) in [6, 6.07) is 7.41. The van der Waals surface area contributed by atoms with Gasteiger partial charge in [-0.3, -0.25) is 4.79 Å². The van der Waals surface area contributed by atoms with E-state index in [0.29, 0.717) is 19.8 Å². The topological polar surface area (TPSA) is 35.5 Å². The van der Waals surface area contributed by atoms with Crippen LogP contribution in [0.5, 0.6) is 5.75 Å². The van der Waals surface area contributed by atoms with Crippen LogP contribution in [0.2, 0.25) is 0 Å². The average Bonchev–Trinajstić information content (AvgIpc) is 2.40. The minimum Gasteiger partial charge on any atom is -0.494 e. The maximum Gasteiger partial charge on any atom is 0.166 e. The van der Waals surface area contributed by atoms with Crippen molar-refractivity contribution in [3.05, 3.63) is 29.8 Å². The number of carbonyl (C=O) groups is 1. The van der Waals surface area contributed by atoms with E-state index in [2.05, 4.69) is 0 Å². The van der Waals surface area contributed by atoms with Gasteiger partial charge in [-0.2, -0.15) is 0 Å². The van der Waals surface area contributed by atoms with Gasteiger partial charge < -0.3 is 9.47 Å². The summed E-state index contributed by atoms with van der Waals surface area (Å²) in [5.41, 5.74) is 0.778. The SMILES string of the molecule is CCOc1ccc(C(=O)C2CCOCC2)cc1. The lowest BCUT2D eigenvalue weighted by Gasteiger charge is -2.20. The molecule has 1 aliphatic rings. The Labute approximate surface area is 102 Å². The molecular weight excluding hydrogens is 216 g/mol. The molecule has 0 saturated carbocycles. The molecule has 0 aromatic heterocycles. The van der Waals surface area contributed by atoms with Crippen molar-refractivity contribution in [1.29, 1.82) is 0 Å². The highest BCUT2D eigenvalue weighted by Gasteiger charge is 2.22. The number of carbonyl (C=O) groups excluding carboxylic acids is 1. The predicted molar refractivity (Wildman–Crippen MR) is 65.5 cm³/mol. The van der Waals surface area contributed by atoms with Gasteiger partial charge in [-0.1, -0.05) is 0 Å². The van der Waals surface area contributed by atoms with E-state index in [4.69, 9.17) is 9.47 Å². The van der Waals surface area contributed by atoms with Gasteiger partial charge in [-0.15, -0.1) is 0 Å². The molecule has 0 unspecified atom stereocenters. The van der Waals surface area contributed by atoms with Crippen LogP contribution in [-0.4, -0.2) is 25.6 Å². The molecule has 1 saturated heterocycles. The lowest BCUT2D eigenvalue weighted by atomic mass is 9.91. The van der Waals surface area contributed by atoms with Crippen LogP contribution in [0, 0.1) is 5.92 Å². The van der Waals surface area contributed by atoms with E-state index in [1.165, 1.54) is 0 Å². The van der Waals surface area contributed by atoms with E-state index < -0.39 is 0 Å². The normalized spacial score (nSPS) is 16.8. The summed E-state index contributed by atoms with van der Waals surface area (Å²) in [5, 5.41) is 0. The maximum atomic E-state index is 12.2. The summed E-state index contributed by atoms with van der Waals surface area (Å²) < 4.78 is 10.6. The smallest absolute Gasteiger partial charge is 0.166 e. The van der Waals surface area contributed by atoms with Crippen molar-refractivity contribution in [3.63, 3.8) is 0 Å². The molecule has 1 aromatic rings. The first-order chi connectivity index (χ1) is 8.31. The van der Waals surface area contributed by atoms with E-state index in [1.54, 1.807) is 0 Å². The zero-order chi connectivity index (χ0) is 12.1. The number of hydrogen-bond donors (Lipinski definition) is 0. The van der Waals surface area contributed by atoms with Gasteiger partial charge in [0.05, 0.1) is 6.61 Å². The van der Waals surface area contributed by atoms with Gasteiger partial charge in [-0.05, 0) is 44.0 Å². The molecule has 0 spiro atoms. The molecule has 1 aromatic carbocycles. The Morgan fingerprint density at radius 2 is 1.94 bits per heavy atom. The molecule has 1 heterocycles. The number of ether oxygens (including phenoxy) is 2. The second kappa shape index (κ2) is 5.82. The van der Waals surface area contributed by atoms with E-state index in [1.807, 2.05) is 31.2 Å².